The van der Waals surface area contributed by atoms with Crippen LogP contribution in [0.3, 0.4) is 0 Å². The van der Waals surface area contributed by atoms with Crippen LogP contribution in [0.1, 0.15) is 79.6 Å². The summed E-state index contributed by atoms with van der Waals surface area (Å²) in [5.41, 5.74) is 1.57. The average Bonchev–Trinajstić information content (AvgIpc) is 2.87. The number of likely N-dealkylation sites (tertiary alicyclic amines) is 1. The van der Waals surface area contributed by atoms with Gasteiger partial charge in [-0.2, -0.15) is 0 Å². The smallest absolute Gasteiger partial charge is 0.0187 e. The van der Waals surface area contributed by atoms with Crippen LogP contribution in [-0.4, -0.2) is 23.5 Å². The van der Waals surface area contributed by atoms with E-state index in [1.807, 2.05) is 0 Å². The molecule has 0 N–H and O–H groups in total. The summed E-state index contributed by atoms with van der Waals surface area (Å²) in [5, 5.41) is 0. The van der Waals surface area contributed by atoms with Gasteiger partial charge in [0, 0.05) is 5.54 Å². The van der Waals surface area contributed by atoms with Gasteiger partial charge >= 0.3 is 0 Å². The van der Waals surface area contributed by atoms with Gasteiger partial charge in [0.2, 0.25) is 0 Å². The van der Waals surface area contributed by atoms with E-state index in [4.69, 9.17) is 0 Å². The first-order valence-electron chi connectivity index (χ1n) is 8.14. The fourth-order valence-electron chi connectivity index (χ4n) is 4.89. The predicted octanol–water partition coefficient (Wildman–Crippen LogP) is 4.86. The molecule has 0 aromatic heterocycles. The Bertz CT molecular complexity index is 284. The number of rotatable bonds is 3. The van der Waals surface area contributed by atoms with Gasteiger partial charge in [-0.15, -0.1) is 0 Å². The van der Waals surface area contributed by atoms with Crippen LogP contribution < -0.4 is 0 Å². The molecule has 106 valence electrons. The molecule has 0 aromatic rings. The standard InChI is InChI=1S/C17H33N/c1-6-17(7-2)14-16(5,11-10-15(17,3)4)18-12-8-9-13-18/h6-14H2,1-5H3. The van der Waals surface area contributed by atoms with Crippen molar-refractivity contribution in [3.63, 3.8) is 0 Å². The minimum absolute atomic E-state index is 0.484. The van der Waals surface area contributed by atoms with Crippen LogP contribution in [0.4, 0.5) is 0 Å². The summed E-state index contributed by atoms with van der Waals surface area (Å²) in [7, 11) is 0. The second-order valence-electron chi connectivity index (χ2n) is 7.74. The van der Waals surface area contributed by atoms with Crippen LogP contribution in [0, 0.1) is 10.8 Å². The molecule has 2 aliphatic rings. The zero-order chi connectivity index (χ0) is 13.4. The summed E-state index contributed by atoms with van der Waals surface area (Å²) in [4.78, 5) is 2.81. The van der Waals surface area contributed by atoms with E-state index < -0.39 is 0 Å². The fourth-order valence-corrected chi connectivity index (χ4v) is 4.89. The molecule has 0 spiro atoms. The van der Waals surface area contributed by atoms with Crippen molar-refractivity contribution in [3.05, 3.63) is 0 Å². The highest BCUT2D eigenvalue weighted by Crippen LogP contribution is 2.58. The van der Waals surface area contributed by atoms with Crippen LogP contribution in [-0.2, 0) is 0 Å². The van der Waals surface area contributed by atoms with Crippen molar-refractivity contribution in [2.45, 2.75) is 85.1 Å². The second-order valence-corrected chi connectivity index (χ2v) is 7.74. The van der Waals surface area contributed by atoms with E-state index in [1.165, 1.54) is 58.0 Å². The Morgan fingerprint density at radius 1 is 0.889 bits per heavy atom. The highest BCUT2D eigenvalue weighted by atomic mass is 15.2. The normalized spacial score (nSPS) is 35.8. The predicted molar refractivity (Wildman–Crippen MR) is 79.9 cm³/mol. The lowest BCUT2D eigenvalue weighted by Gasteiger charge is -2.58. The molecule has 0 radical (unpaired) electrons. The Morgan fingerprint density at radius 3 is 1.94 bits per heavy atom. The first-order chi connectivity index (χ1) is 8.39. The van der Waals surface area contributed by atoms with Crippen molar-refractivity contribution in [3.8, 4) is 0 Å². The molecule has 2 fully saturated rings. The number of hydrogen-bond acceptors (Lipinski definition) is 1. The Hall–Kier alpha value is -0.0400. The third-order valence-electron chi connectivity index (χ3n) is 6.67. The van der Waals surface area contributed by atoms with Crippen molar-refractivity contribution in [1.82, 2.24) is 4.90 Å². The SMILES string of the molecule is CCC1(CC)CC(C)(N2CCCC2)CCC1(C)C. The van der Waals surface area contributed by atoms with Crippen LogP contribution in [0.25, 0.3) is 0 Å². The quantitative estimate of drug-likeness (QED) is 0.692. The van der Waals surface area contributed by atoms with Gasteiger partial charge in [0.25, 0.3) is 0 Å². The highest BCUT2D eigenvalue weighted by Gasteiger charge is 2.52. The molecule has 1 unspecified atom stereocenters. The molecule has 0 aromatic carbocycles. The molecule has 0 bridgehead atoms. The maximum atomic E-state index is 2.81. The third kappa shape index (κ3) is 2.13. The number of hydrogen-bond donors (Lipinski definition) is 0. The lowest BCUT2D eigenvalue weighted by Crippen LogP contribution is -2.56. The molecule has 1 atom stereocenters. The summed E-state index contributed by atoms with van der Waals surface area (Å²) >= 11 is 0. The molecule has 0 amide bonds. The first-order valence-corrected chi connectivity index (χ1v) is 8.14. The third-order valence-corrected chi connectivity index (χ3v) is 6.67. The van der Waals surface area contributed by atoms with Crippen LogP contribution in [0.2, 0.25) is 0 Å². The topological polar surface area (TPSA) is 3.24 Å². The van der Waals surface area contributed by atoms with E-state index in [0.717, 1.165) is 0 Å². The van der Waals surface area contributed by atoms with E-state index in [0.29, 0.717) is 16.4 Å². The van der Waals surface area contributed by atoms with Crippen molar-refractivity contribution in [2.75, 3.05) is 13.1 Å². The Labute approximate surface area is 114 Å². The van der Waals surface area contributed by atoms with Crippen molar-refractivity contribution >= 4 is 0 Å². The van der Waals surface area contributed by atoms with Gasteiger partial charge in [0.05, 0.1) is 0 Å². The van der Waals surface area contributed by atoms with Gasteiger partial charge in [-0.3, -0.25) is 4.90 Å². The minimum atomic E-state index is 0.484. The van der Waals surface area contributed by atoms with Gasteiger partial charge in [0.15, 0.2) is 0 Å². The Balaban J connectivity index is 2.23. The fraction of sp³-hybridized carbons (Fsp3) is 1.00. The van der Waals surface area contributed by atoms with Gasteiger partial charge in [-0.25, -0.2) is 0 Å². The average molecular weight is 251 g/mol. The molecule has 18 heavy (non-hydrogen) atoms. The summed E-state index contributed by atoms with van der Waals surface area (Å²) in [5.74, 6) is 0. The van der Waals surface area contributed by atoms with E-state index in [2.05, 4.69) is 39.5 Å². The molecular formula is C17H33N. The van der Waals surface area contributed by atoms with Gasteiger partial charge in [0.1, 0.15) is 0 Å². The lowest BCUT2D eigenvalue weighted by molar-refractivity contribution is -0.0725. The van der Waals surface area contributed by atoms with Crippen LogP contribution in [0.15, 0.2) is 0 Å². The van der Waals surface area contributed by atoms with Crippen molar-refractivity contribution in [2.24, 2.45) is 10.8 Å². The van der Waals surface area contributed by atoms with E-state index in [1.54, 1.807) is 0 Å². The molecule has 1 heterocycles. The molecular weight excluding hydrogens is 218 g/mol. The summed E-state index contributed by atoms with van der Waals surface area (Å²) in [6, 6.07) is 0. The van der Waals surface area contributed by atoms with Crippen LogP contribution >= 0.6 is 0 Å². The Kier molecular flexibility index (Phi) is 3.84. The lowest BCUT2D eigenvalue weighted by atomic mass is 9.51. The van der Waals surface area contributed by atoms with Crippen LogP contribution in [0.5, 0.6) is 0 Å². The van der Waals surface area contributed by atoms with Crippen molar-refractivity contribution in [1.29, 1.82) is 0 Å². The van der Waals surface area contributed by atoms with Gasteiger partial charge in [-0.1, -0.05) is 27.7 Å². The largest absolute Gasteiger partial charge is 0.298 e. The first kappa shape index (κ1) is 14.4. The van der Waals surface area contributed by atoms with E-state index in [-0.39, 0.29) is 0 Å². The van der Waals surface area contributed by atoms with E-state index >= 15 is 0 Å². The summed E-state index contributed by atoms with van der Waals surface area (Å²) in [6.07, 6.45) is 9.76. The molecule has 1 aliphatic heterocycles. The second kappa shape index (κ2) is 4.81. The molecule has 2 rings (SSSR count). The monoisotopic (exact) mass is 251 g/mol. The number of nitrogens with zero attached hydrogens (tertiary/aromatic N) is 1. The maximum Gasteiger partial charge on any atom is 0.0187 e. The molecule has 1 heteroatoms. The van der Waals surface area contributed by atoms with Gasteiger partial charge < -0.3 is 0 Å². The molecule has 1 saturated carbocycles. The van der Waals surface area contributed by atoms with Gasteiger partial charge in [-0.05, 0) is 75.8 Å². The zero-order valence-corrected chi connectivity index (χ0v) is 13.3. The zero-order valence-electron chi connectivity index (χ0n) is 13.3. The molecule has 1 saturated heterocycles. The Morgan fingerprint density at radius 2 is 1.44 bits per heavy atom. The van der Waals surface area contributed by atoms with Crippen molar-refractivity contribution < 1.29 is 0 Å². The maximum absolute atomic E-state index is 2.81. The molecule has 1 nitrogen and oxygen atoms in total. The summed E-state index contributed by atoms with van der Waals surface area (Å²) < 4.78 is 0. The highest BCUT2D eigenvalue weighted by molar-refractivity contribution is 5.05. The summed E-state index contributed by atoms with van der Waals surface area (Å²) in [6.45, 7) is 15.1. The minimum Gasteiger partial charge on any atom is -0.298 e. The van der Waals surface area contributed by atoms with E-state index in [9.17, 15) is 0 Å². The molecule has 1 aliphatic carbocycles.